The van der Waals surface area contributed by atoms with Crippen molar-refractivity contribution in [3.63, 3.8) is 0 Å². The Morgan fingerprint density at radius 2 is 2.10 bits per heavy atom. The fourth-order valence-corrected chi connectivity index (χ4v) is 2.48. The zero-order chi connectivity index (χ0) is 14.7. The van der Waals surface area contributed by atoms with E-state index in [2.05, 4.69) is 5.32 Å². The number of carboxylic acids is 1. The molecule has 0 aromatic heterocycles. The van der Waals surface area contributed by atoms with Crippen LogP contribution in [0.25, 0.3) is 0 Å². The summed E-state index contributed by atoms with van der Waals surface area (Å²) in [5, 5.41) is 11.5. The van der Waals surface area contributed by atoms with Crippen molar-refractivity contribution in [2.24, 2.45) is 11.7 Å². The third-order valence-corrected chi connectivity index (χ3v) is 3.55. The van der Waals surface area contributed by atoms with Gasteiger partial charge in [0.25, 0.3) is 0 Å². The Bertz CT molecular complexity index is 533. The summed E-state index contributed by atoms with van der Waals surface area (Å²) in [6.45, 7) is 0. The third kappa shape index (κ3) is 3.33. The van der Waals surface area contributed by atoms with E-state index in [1.165, 1.54) is 6.07 Å². The number of hydrogen-bond acceptors (Lipinski definition) is 3. The van der Waals surface area contributed by atoms with E-state index in [9.17, 15) is 14.0 Å². The van der Waals surface area contributed by atoms with Gasteiger partial charge in [0.2, 0.25) is 5.91 Å². The summed E-state index contributed by atoms with van der Waals surface area (Å²) in [4.78, 5) is 22.9. The van der Waals surface area contributed by atoms with Crippen molar-refractivity contribution in [3.05, 3.63) is 29.6 Å². The number of carbonyl (C=O) groups excluding carboxylic acids is 1. The molecule has 0 radical (unpaired) electrons. The molecule has 0 saturated heterocycles. The van der Waals surface area contributed by atoms with Crippen LogP contribution in [0.1, 0.15) is 36.0 Å². The number of carboxylic acid groups (broad SMARTS) is 1. The molecular weight excluding hydrogens is 263 g/mol. The standard InChI is InChI=1S/C14H17FN2O3/c15-12-5-4-10(7-11(12)14(19)20)17-13(18)8-2-1-3-9(16)6-8/h4-5,7-9H,1-3,6,16H2,(H,17,18)(H,19,20). The Balaban J connectivity index is 2.07. The highest BCUT2D eigenvalue weighted by molar-refractivity contribution is 5.95. The summed E-state index contributed by atoms with van der Waals surface area (Å²) < 4.78 is 13.3. The predicted molar refractivity (Wildman–Crippen MR) is 71.9 cm³/mol. The van der Waals surface area contributed by atoms with Gasteiger partial charge >= 0.3 is 5.97 Å². The lowest BCUT2D eigenvalue weighted by molar-refractivity contribution is -0.120. The summed E-state index contributed by atoms with van der Waals surface area (Å²) >= 11 is 0. The maximum atomic E-state index is 13.3. The monoisotopic (exact) mass is 280 g/mol. The zero-order valence-corrected chi connectivity index (χ0v) is 10.9. The van der Waals surface area contributed by atoms with Gasteiger partial charge in [-0.15, -0.1) is 0 Å². The van der Waals surface area contributed by atoms with Crippen LogP contribution in [0.3, 0.4) is 0 Å². The number of carbonyl (C=O) groups is 2. The molecular formula is C14H17FN2O3. The summed E-state index contributed by atoms with van der Waals surface area (Å²) in [5.74, 6) is -2.55. The quantitative estimate of drug-likeness (QED) is 0.789. The first-order chi connectivity index (χ1) is 9.47. The topological polar surface area (TPSA) is 92.4 Å². The molecule has 0 bridgehead atoms. The number of aromatic carboxylic acids is 1. The highest BCUT2D eigenvalue weighted by Crippen LogP contribution is 2.25. The van der Waals surface area contributed by atoms with Crippen LogP contribution in [0.5, 0.6) is 0 Å². The molecule has 1 aromatic rings. The number of nitrogens with one attached hydrogen (secondary N) is 1. The van der Waals surface area contributed by atoms with Crippen LogP contribution < -0.4 is 11.1 Å². The zero-order valence-electron chi connectivity index (χ0n) is 10.9. The average molecular weight is 280 g/mol. The van der Waals surface area contributed by atoms with E-state index in [0.29, 0.717) is 6.42 Å². The Morgan fingerprint density at radius 1 is 1.35 bits per heavy atom. The van der Waals surface area contributed by atoms with Crippen LogP contribution in [-0.2, 0) is 4.79 Å². The molecule has 0 aliphatic heterocycles. The van der Waals surface area contributed by atoms with Crippen LogP contribution in [-0.4, -0.2) is 23.0 Å². The third-order valence-electron chi connectivity index (χ3n) is 3.55. The number of nitrogens with two attached hydrogens (primary N) is 1. The van der Waals surface area contributed by atoms with Crippen molar-refractivity contribution in [2.45, 2.75) is 31.7 Å². The molecule has 108 valence electrons. The minimum Gasteiger partial charge on any atom is -0.478 e. The van der Waals surface area contributed by atoms with Crippen molar-refractivity contribution >= 4 is 17.6 Å². The van der Waals surface area contributed by atoms with Gasteiger partial charge in [0.15, 0.2) is 0 Å². The fourth-order valence-electron chi connectivity index (χ4n) is 2.48. The summed E-state index contributed by atoms with van der Waals surface area (Å²) in [5.41, 5.74) is 5.66. The molecule has 2 rings (SSSR count). The summed E-state index contributed by atoms with van der Waals surface area (Å²) in [6.07, 6.45) is 3.22. The highest BCUT2D eigenvalue weighted by Gasteiger charge is 2.25. The molecule has 1 amide bonds. The van der Waals surface area contributed by atoms with Gasteiger partial charge in [-0.1, -0.05) is 6.42 Å². The fraction of sp³-hybridized carbons (Fsp3) is 0.429. The largest absolute Gasteiger partial charge is 0.478 e. The predicted octanol–water partition coefficient (Wildman–Crippen LogP) is 1.98. The Kier molecular flexibility index (Phi) is 4.34. The lowest BCUT2D eigenvalue weighted by Gasteiger charge is -2.25. The summed E-state index contributed by atoms with van der Waals surface area (Å²) in [6, 6.07) is 3.54. The van der Waals surface area contributed by atoms with Crippen LogP contribution in [0.2, 0.25) is 0 Å². The van der Waals surface area contributed by atoms with Gasteiger partial charge in [-0.05, 0) is 37.5 Å². The second-order valence-corrected chi connectivity index (χ2v) is 5.11. The summed E-state index contributed by atoms with van der Waals surface area (Å²) in [7, 11) is 0. The second kappa shape index (κ2) is 6.00. The molecule has 1 aromatic carbocycles. The van der Waals surface area contributed by atoms with E-state index in [1.54, 1.807) is 0 Å². The molecule has 5 nitrogen and oxygen atoms in total. The van der Waals surface area contributed by atoms with Gasteiger partial charge in [-0.25, -0.2) is 9.18 Å². The van der Waals surface area contributed by atoms with Crippen molar-refractivity contribution in [1.29, 1.82) is 0 Å². The van der Waals surface area contributed by atoms with E-state index in [0.717, 1.165) is 31.4 Å². The first-order valence-electron chi connectivity index (χ1n) is 6.56. The first kappa shape index (κ1) is 14.5. The number of hydrogen-bond donors (Lipinski definition) is 3. The van der Waals surface area contributed by atoms with Gasteiger partial charge in [0.1, 0.15) is 5.82 Å². The van der Waals surface area contributed by atoms with E-state index in [-0.39, 0.29) is 23.6 Å². The molecule has 2 atom stereocenters. The molecule has 1 fully saturated rings. The van der Waals surface area contributed by atoms with E-state index < -0.39 is 17.3 Å². The van der Waals surface area contributed by atoms with Gasteiger partial charge in [0, 0.05) is 17.6 Å². The lowest BCUT2D eigenvalue weighted by atomic mass is 9.85. The second-order valence-electron chi connectivity index (χ2n) is 5.11. The molecule has 0 spiro atoms. The minimum absolute atomic E-state index is 0.0299. The van der Waals surface area contributed by atoms with Gasteiger partial charge in [-0.2, -0.15) is 0 Å². The molecule has 1 aliphatic carbocycles. The van der Waals surface area contributed by atoms with E-state index in [1.807, 2.05) is 0 Å². The van der Waals surface area contributed by atoms with Gasteiger partial charge in [-0.3, -0.25) is 4.79 Å². The minimum atomic E-state index is -1.36. The first-order valence-corrected chi connectivity index (χ1v) is 6.56. The Hall–Kier alpha value is -1.95. The van der Waals surface area contributed by atoms with E-state index >= 15 is 0 Å². The number of rotatable bonds is 3. The van der Waals surface area contributed by atoms with Gasteiger partial charge < -0.3 is 16.2 Å². The van der Waals surface area contributed by atoms with Crippen molar-refractivity contribution in [1.82, 2.24) is 0 Å². The molecule has 1 saturated carbocycles. The van der Waals surface area contributed by atoms with Crippen LogP contribution in [0.4, 0.5) is 10.1 Å². The molecule has 1 aliphatic rings. The molecule has 20 heavy (non-hydrogen) atoms. The highest BCUT2D eigenvalue weighted by atomic mass is 19.1. The Labute approximate surface area is 116 Å². The Morgan fingerprint density at radius 3 is 2.75 bits per heavy atom. The SMILES string of the molecule is NC1CCCC(C(=O)Nc2ccc(F)c(C(=O)O)c2)C1. The number of amides is 1. The maximum Gasteiger partial charge on any atom is 0.338 e. The maximum absolute atomic E-state index is 13.3. The van der Waals surface area contributed by atoms with Crippen LogP contribution in [0, 0.1) is 11.7 Å². The molecule has 6 heteroatoms. The average Bonchev–Trinajstić information content (AvgIpc) is 2.40. The smallest absolute Gasteiger partial charge is 0.338 e. The van der Waals surface area contributed by atoms with Crippen molar-refractivity contribution < 1.29 is 19.1 Å². The molecule has 0 heterocycles. The number of benzene rings is 1. The van der Waals surface area contributed by atoms with Crippen LogP contribution in [0.15, 0.2) is 18.2 Å². The van der Waals surface area contributed by atoms with E-state index in [4.69, 9.17) is 10.8 Å². The molecule has 4 N–H and O–H groups in total. The van der Waals surface area contributed by atoms with Gasteiger partial charge in [0.05, 0.1) is 5.56 Å². The number of anilines is 1. The normalized spacial score (nSPS) is 22.3. The van der Waals surface area contributed by atoms with Crippen molar-refractivity contribution in [3.8, 4) is 0 Å². The molecule has 2 unspecified atom stereocenters. The van der Waals surface area contributed by atoms with Crippen LogP contribution >= 0.6 is 0 Å². The number of halogens is 1. The van der Waals surface area contributed by atoms with Crippen molar-refractivity contribution in [2.75, 3.05) is 5.32 Å². The lowest BCUT2D eigenvalue weighted by Crippen LogP contribution is -2.34.